The van der Waals surface area contributed by atoms with Crippen LogP contribution in [-0.4, -0.2) is 19.8 Å². The molecular weight excluding hydrogens is 276 g/mol. The molecule has 3 nitrogen and oxygen atoms in total. The van der Waals surface area contributed by atoms with Crippen molar-refractivity contribution in [3.8, 4) is 54.3 Å². The van der Waals surface area contributed by atoms with Crippen LogP contribution in [0.5, 0.6) is 17.2 Å². The van der Waals surface area contributed by atoms with Crippen LogP contribution in [0.15, 0.2) is 17.7 Å². The Labute approximate surface area is 132 Å². The quantitative estimate of drug-likeness (QED) is 0.723. The number of allylic oxidation sites excluding steroid dienone is 1. The second kappa shape index (κ2) is 9.06. The van der Waals surface area contributed by atoms with Crippen molar-refractivity contribution >= 4 is 6.08 Å². The number of hydrogen-bond acceptors (Lipinski definition) is 3. The molecule has 0 aliphatic rings. The molecule has 0 bridgehead atoms. The maximum atomic E-state index is 5.58. The van der Waals surface area contributed by atoms with Crippen LogP contribution < -0.4 is 14.2 Å². The van der Waals surface area contributed by atoms with E-state index in [-0.39, 0.29) is 19.8 Å². The van der Waals surface area contributed by atoms with Gasteiger partial charge in [-0.05, 0) is 19.9 Å². The van der Waals surface area contributed by atoms with Gasteiger partial charge < -0.3 is 14.2 Å². The second-order valence-electron chi connectivity index (χ2n) is 4.53. The number of rotatable bonds is 7. The third-order valence-corrected chi connectivity index (χ3v) is 2.45. The van der Waals surface area contributed by atoms with E-state index in [0.29, 0.717) is 17.2 Å². The fraction of sp³-hybridized carbons (Fsp3) is 0.263. The van der Waals surface area contributed by atoms with Gasteiger partial charge in [-0.2, -0.15) is 0 Å². The number of hydrogen-bond donors (Lipinski definition) is 0. The molecule has 22 heavy (non-hydrogen) atoms. The third kappa shape index (κ3) is 5.20. The van der Waals surface area contributed by atoms with Gasteiger partial charge in [-0.3, -0.25) is 0 Å². The van der Waals surface area contributed by atoms with Crippen molar-refractivity contribution in [3.63, 3.8) is 0 Å². The normalized spacial score (nSPS) is 8.86. The molecule has 0 fully saturated rings. The third-order valence-electron chi connectivity index (χ3n) is 2.45. The molecule has 1 aromatic carbocycles. The highest BCUT2D eigenvalue weighted by Crippen LogP contribution is 2.36. The minimum atomic E-state index is 0.136. The Hall–Kier alpha value is -2.96. The van der Waals surface area contributed by atoms with E-state index in [4.69, 9.17) is 33.5 Å². The molecule has 0 atom stereocenters. The zero-order chi connectivity index (χ0) is 16.4. The van der Waals surface area contributed by atoms with Gasteiger partial charge in [-0.1, -0.05) is 23.3 Å². The molecule has 112 valence electrons. The number of terminal acetylenes is 3. The Morgan fingerprint density at radius 1 is 0.909 bits per heavy atom. The summed E-state index contributed by atoms with van der Waals surface area (Å²) in [4.78, 5) is 0. The minimum Gasteiger partial charge on any atom is -0.481 e. The lowest BCUT2D eigenvalue weighted by Gasteiger charge is -2.15. The smallest absolute Gasteiger partial charge is 0.148 e. The summed E-state index contributed by atoms with van der Waals surface area (Å²) in [6.07, 6.45) is 17.7. The maximum Gasteiger partial charge on any atom is 0.148 e. The summed E-state index contributed by atoms with van der Waals surface area (Å²) in [7, 11) is 0. The lowest BCUT2D eigenvalue weighted by atomic mass is 10.1. The first kappa shape index (κ1) is 17.1. The molecule has 1 aromatic rings. The monoisotopic (exact) mass is 294 g/mol. The van der Waals surface area contributed by atoms with E-state index in [1.54, 1.807) is 12.1 Å². The van der Waals surface area contributed by atoms with Crippen LogP contribution >= 0.6 is 0 Å². The number of benzene rings is 1. The summed E-state index contributed by atoms with van der Waals surface area (Å²) in [6, 6.07) is 3.46. The van der Waals surface area contributed by atoms with Gasteiger partial charge in [0.05, 0.1) is 5.56 Å². The molecule has 3 heteroatoms. The molecule has 0 aliphatic carbocycles. The van der Waals surface area contributed by atoms with Gasteiger partial charge in [0.2, 0.25) is 0 Å². The highest BCUT2D eigenvalue weighted by atomic mass is 16.5. The van der Waals surface area contributed by atoms with Crippen molar-refractivity contribution in [1.82, 2.24) is 0 Å². The van der Waals surface area contributed by atoms with Gasteiger partial charge in [0.15, 0.2) is 0 Å². The highest BCUT2D eigenvalue weighted by Gasteiger charge is 2.13. The largest absolute Gasteiger partial charge is 0.481 e. The molecule has 0 spiro atoms. The zero-order valence-electron chi connectivity index (χ0n) is 12.8. The fourth-order valence-electron chi connectivity index (χ4n) is 1.69. The van der Waals surface area contributed by atoms with Crippen LogP contribution in [0.25, 0.3) is 6.08 Å². The molecule has 0 amide bonds. The lowest BCUT2D eigenvalue weighted by Crippen LogP contribution is -2.03. The molecule has 0 saturated heterocycles. The molecular formula is C19H18O3. The van der Waals surface area contributed by atoms with E-state index in [1.165, 1.54) is 0 Å². The Kier molecular flexibility index (Phi) is 7.04. The maximum absolute atomic E-state index is 5.58. The Morgan fingerprint density at radius 2 is 1.36 bits per heavy atom. The highest BCUT2D eigenvalue weighted by molar-refractivity contribution is 5.68. The summed E-state index contributed by atoms with van der Waals surface area (Å²) in [5.41, 5.74) is 1.84. The molecule has 0 aliphatic heterocycles. The van der Waals surface area contributed by atoms with E-state index in [9.17, 15) is 0 Å². The summed E-state index contributed by atoms with van der Waals surface area (Å²) < 4.78 is 16.6. The standard InChI is InChI=1S/C19H18O3/c1-6-9-20-16-13-18(21-10-7-2)17(12-15(4)5)19(14-16)22-11-8-3/h1-3,12-14H,9-11H2,4-5H3. The summed E-state index contributed by atoms with van der Waals surface area (Å²) in [6.45, 7) is 4.36. The van der Waals surface area contributed by atoms with Crippen molar-refractivity contribution in [1.29, 1.82) is 0 Å². The van der Waals surface area contributed by atoms with E-state index in [1.807, 2.05) is 19.9 Å². The first-order chi connectivity index (χ1) is 10.6. The molecule has 0 unspecified atom stereocenters. The molecule has 1 rings (SSSR count). The van der Waals surface area contributed by atoms with Crippen molar-refractivity contribution in [3.05, 3.63) is 23.3 Å². The van der Waals surface area contributed by atoms with Crippen molar-refractivity contribution in [2.45, 2.75) is 13.8 Å². The Bertz CT molecular complexity index is 620. The van der Waals surface area contributed by atoms with Crippen molar-refractivity contribution in [2.75, 3.05) is 19.8 Å². The van der Waals surface area contributed by atoms with Gasteiger partial charge in [-0.15, -0.1) is 19.3 Å². The second-order valence-corrected chi connectivity index (χ2v) is 4.53. The average molecular weight is 294 g/mol. The minimum absolute atomic E-state index is 0.136. The predicted molar refractivity (Wildman–Crippen MR) is 88.8 cm³/mol. The van der Waals surface area contributed by atoms with Gasteiger partial charge in [-0.25, -0.2) is 0 Å². The fourth-order valence-corrected chi connectivity index (χ4v) is 1.69. The predicted octanol–water partition coefficient (Wildman–Crippen LogP) is 3.15. The SMILES string of the molecule is C#CCOc1cc(OCC#C)c(C=C(C)C)c(OCC#C)c1. The summed E-state index contributed by atoms with van der Waals surface area (Å²) >= 11 is 0. The van der Waals surface area contributed by atoms with E-state index in [2.05, 4.69) is 17.8 Å². The van der Waals surface area contributed by atoms with Crippen molar-refractivity contribution < 1.29 is 14.2 Å². The molecule has 0 heterocycles. The summed E-state index contributed by atoms with van der Waals surface area (Å²) in [5, 5.41) is 0. The van der Waals surface area contributed by atoms with E-state index >= 15 is 0 Å². The van der Waals surface area contributed by atoms with Gasteiger partial charge >= 0.3 is 0 Å². The zero-order valence-corrected chi connectivity index (χ0v) is 12.8. The molecule has 0 saturated carbocycles. The molecule has 0 N–H and O–H groups in total. The van der Waals surface area contributed by atoms with Crippen LogP contribution in [0.1, 0.15) is 19.4 Å². The summed E-state index contributed by atoms with van der Waals surface area (Å²) in [5.74, 6) is 8.92. The Balaban J connectivity index is 3.33. The van der Waals surface area contributed by atoms with Crippen LogP contribution in [0.4, 0.5) is 0 Å². The van der Waals surface area contributed by atoms with Crippen LogP contribution in [0.3, 0.4) is 0 Å². The topological polar surface area (TPSA) is 27.7 Å². The first-order valence-corrected chi connectivity index (χ1v) is 6.64. The van der Waals surface area contributed by atoms with Crippen LogP contribution in [0.2, 0.25) is 0 Å². The molecule has 0 radical (unpaired) electrons. The van der Waals surface area contributed by atoms with Crippen LogP contribution in [-0.2, 0) is 0 Å². The Morgan fingerprint density at radius 3 is 1.77 bits per heavy atom. The van der Waals surface area contributed by atoms with Crippen molar-refractivity contribution in [2.24, 2.45) is 0 Å². The number of ether oxygens (including phenoxy) is 3. The van der Waals surface area contributed by atoms with Crippen LogP contribution in [0, 0.1) is 37.0 Å². The van der Waals surface area contributed by atoms with E-state index < -0.39 is 0 Å². The van der Waals surface area contributed by atoms with Gasteiger partial charge in [0, 0.05) is 12.1 Å². The van der Waals surface area contributed by atoms with Gasteiger partial charge in [0.1, 0.15) is 37.1 Å². The lowest BCUT2D eigenvalue weighted by molar-refractivity contribution is 0.333. The van der Waals surface area contributed by atoms with E-state index in [0.717, 1.165) is 11.1 Å². The van der Waals surface area contributed by atoms with Gasteiger partial charge in [0.25, 0.3) is 0 Å². The molecule has 0 aromatic heterocycles. The average Bonchev–Trinajstić information content (AvgIpc) is 2.50. The first-order valence-electron chi connectivity index (χ1n) is 6.64.